The van der Waals surface area contributed by atoms with E-state index in [1.165, 1.54) is 4.88 Å². The molecule has 5 heteroatoms. The summed E-state index contributed by atoms with van der Waals surface area (Å²) < 4.78 is 2.20. The van der Waals surface area contributed by atoms with E-state index in [9.17, 15) is 0 Å². The number of aromatic nitrogens is 3. The van der Waals surface area contributed by atoms with Gasteiger partial charge in [-0.3, -0.25) is 0 Å². The number of aryl methyl sites for hydroxylation is 2. The topological polar surface area (TPSA) is 56.7 Å². The molecule has 0 amide bonds. The van der Waals surface area contributed by atoms with Crippen LogP contribution in [0.15, 0.2) is 24.4 Å². The van der Waals surface area contributed by atoms with Crippen LogP contribution in [0, 0.1) is 13.8 Å². The summed E-state index contributed by atoms with van der Waals surface area (Å²) in [6.45, 7) is 4.86. The first-order valence-electron chi connectivity index (χ1n) is 5.77. The van der Waals surface area contributed by atoms with Gasteiger partial charge in [0.05, 0.1) is 22.6 Å². The highest BCUT2D eigenvalue weighted by Gasteiger charge is 2.09. The average Bonchev–Trinajstić information content (AvgIpc) is 2.84. The maximum absolute atomic E-state index is 5.78. The Bertz CT molecular complexity index is 711. The molecular formula is C13H14N4S. The molecule has 0 spiro atoms. The van der Waals surface area contributed by atoms with Crippen LogP contribution in [0.1, 0.15) is 15.7 Å². The predicted octanol–water partition coefficient (Wildman–Crippen LogP) is 2.74. The van der Waals surface area contributed by atoms with Gasteiger partial charge in [0.1, 0.15) is 5.82 Å². The Hall–Kier alpha value is -1.88. The van der Waals surface area contributed by atoms with Gasteiger partial charge in [-0.05, 0) is 32.0 Å². The summed E-state index contributed by atoms with van der Waals surface area (Å²) in [5.41, 5.74) is 8.60. The SMILES string of the molecule is Cc1ncc(Cn2c(C)nc3cc(N)ccc32)s1. The highest BCUT2D eigenvalue weighted by molar-refractivity contribution is 7.11. The predicted molar refractivity (Wildman–Crippen MR) is 74.8 cm³/mol. The fourth-order valence-electron chi connectivity index (χ4n) is 2.10. The summed E-state index contributed by atoms with van der Waals surface area (Å²) in [7, 11) is 0. The van der Waals surface area contributed by atoms with E-state index in [-0.39, 0.29) is 0 Å². The van der Waals surface area contributed by atoms with Gasteiger partial charge in [-0.2, -0.15) is 0 Å². The number of nitrogen functional groups attached to an aromatic ring is 1. The average molecular weight is 258 g/mol. The van der Waals surface area contributed by atoms with Gasteiger partial charge in [0.2, 0.25) is 0 Å². The summed E-state index contributed by atoms with van der Waals surface area (Å²) in [4.78, 5) is 10.1. The van der Waals surface area contributed by atoms with Crippen LogP contribution in [0.5, 0.6) is 0 Å². The third-order valence-electron chi connectivity index (χ3n) is 2.95. The van der Waals surface area contributed by atoms with Gasteiger partial charge in [-0.1, -0.05) is 0 Å². The van der Waals surface area contributed by atoms with Crippen LogP contribution in [0.2, 0.25) is 0 Å². The van der Waals surface area contributed by atoms with Crippen molar-refractivity contribution in [2.24, 2.45) is 0 Å². The number of nitrogens with zero attached hydrogens (tertiary/aromatic N) is 3. The second-order valence-electron chi connectivity index (χ2n) is 4.34. The number of thiazole rings is 1. The Morgan fingerprint density at radius 3 is 2.89 bits per heavy atom. The number of imidazole rings is 1. The molecule has 0 aliphatic carbocycles. The molecule has 92 valence electrons. The summed E-state index contributed by atoms with van der Waals surface area (Å²) in [6.07, 6.45) is 1.93. The fraction of sp³-hybridized carbons (Fsp3) is 0.231. The zero-order valence-corrected chi connectivity index (χ0v) is 11.2. The lowest BCUT2D eigenvalue weighted by atomic mass is 10.3. The number of hydrogen-bond donors (Lipinski definition) is 1. The minimum absolute atomic E-state index is 0.751. The molecule has 0 bridgehead atoms. The largest absolute Gasteiger partial charge is 0.399 e. The van der Waals surface area contributed by atoms with Gasteiger partial charge in [-0.25, -0.2) is 9.97 Å². The van der Waals surface area contributed by atoms with Crippen molar-refractivity contribution < 1.29 is 0 Å². The van der Waals surface area contributed by atoms with E-state index in [0.29, 0.717) is 0 Å². The summed E-state index contributed by atoms with van der Waals surface area (Å²) in [6, 6.07) is 5.85. The van der Waals surface area contributed by atoms with Crippen molar-refractivity contribution in [3.05, 3.63) is 40.1 Å². The van der Waals surface area contributed by atoms with Crippen LogP contribution in [-0.2, 0) is 6.54 Å². The van der Waals surface area contributed by atoms with Crippen molar-refractivity contribution in [3.63, 3.8) is 0 Å². The number of benzene rings is 1. The van der Waals surface area contributed by atoms with E-state index >= 15 is 0 Å². The molecule has 3 rings (SSSR count). The quantitative estimate of drug-likeness (QED) is 0.719. The molecule has 0 fully saturated rings. The van der Waals surface area contributed by atoms with E-state index in [1.54, 1.807) is 11.3 Å². The second-order valence-corrected chi connectivity index (χ2v) is 5.66. The lowest BCUT2D eigenvalue weighted by Gasteiger charge is -2.04. The molecule has 2 N–H and O–H groups in total. The van der Waals surface area contributed by atoms with Crippen molar-refractivity contribution in [1.29, 1.82) is 0 Å². The van der Waals surface area contributed by atoms with Gasteiger partial charge in [0.25, 0.3) is 0 Å². The number of fused-ring (bicyclic) bond motifs is 1. The molecule has 0 aliphatic heterocycles. The number of anilines is 1. The molecule has 0 radical (unpaired) electrons. The van der Waals surface area contributed by atoms with Crippen LogP contribution in [0.25, 0.3) is 11.0 Å². The molecule has 1 aromatic carbocycles. The van der Waals surface area contributed by atoms with E-state index in [1.807, 2.05) is 38.2 Å². The van der Waals surface area contributed by atoms with Gasteiger partial charge >= 0.3 is 0 Å². The summed E-state index contributed by atoms with van der Waals surface area (Å²) in [5.74, 6) is 1.00. The minimum atomic E-state index is 0.751. The van der Waals surface area contributed by atoms with Crippen molar-refractivity contribution in [1.82, 2.24) is 14.5 Å². The van der Waals surface area contributed by atoms with Crippen molar-refractivity contribution in [3.8, 4) is 0 Å². The van der Waals surface area contributed by atoms with Crippen molar-refractivity contribution in [2.45, 2.75) is 20.4 Å². The van der Waals surface area contributed by atoms with Crippen LogP contribution in [0.3, 0.4) is 0 Å². The third kappa shape index (κ3) is 1.86. The first kappa shape index (κ1) is 11.2. The molecule has 3 aromatic rings. The number of hydrogen-bond acceptors (Lipinski definition) is 4. The molecule has 2 heterocycles. The lowest BCUT2D eigenvalue weighted by molar-refractivity contribution is 0.795. The van der Waals surface area contributed by atoms with E-state index < -0.39 is 0 Å². The molecule has 0 aliphatic rings. The molecule has 4 nitrogen and oxygen atoms in total. The zero-order valence-electron chi connectivity index (χ0n) is 10.3. The second kappa shape index (κ2) is 4.10. The molecule has 0 saturated carbocycles. The molecule has 0 atom stereocenters. The number of nitrogens with two attached hydrogens (primary N) is 1. The molecule has 18 heavy (non-hydrogen) atoms. The third-order valence-corrected chi connectivity index (χ3v) is 3.84. The highest BCUT2D eigenvalue weighted by Crippen LogP contribution is 2.21. The van der Waals surface area contributed by atoms with E-state index in [4.69, 9.17) is 5.73 Å². The Morgan fingerprint density at radius 1 is 1.33 bits per heavy atom. The Balaban J connectivity index is 2.08. The van der Waals surface area contributed by atoms with Crippen molar-refractivity contribution >= 4 is 28.1 Å². The highest BCUT2D eigenvalue weighted by atomic mass is 32.1. The first-order valence-corrected chi connectivity index (χ1v) is 6.59. The van der Waals surface area contributed by atoms with Gasteiger partial charge in [0.15, 0.2) is 0 Å². The molecular weight excluding hydrogens is 244 g/mol. The minimum Gasteiger partial charge on any atom is -0.399 e. The number of rotatable bonds is 2. The smallest absolute Gasteiger partial charge is 0.107 e. The summed E-state index contributed by atoms with van der Waals surface area (Å²) >= 11 is 1.72. The lowest BCUT2D eigenvalue weighted by Crippen LogP contribution is -2.00. The Morgan fingerprint density at radius 2 is 2.17 bits per heavy atom. The monoisotopic (exact) mass is 258 g/mol. The van der Waals surface area contributed by atoms with Crippen LogP contribution in [0.4, 0.5) is 5.69 Å². The fourth-order valence-corrected chi connectivity index (χ4v) is 2.89. The van der Waals surface area contributed by atoms with Crippen LogP contribution >= 0.6 is 11.3 Å². The maximum atomic E-state index is 5.78. The van der Waals surface area contributed by atoms with Crippen LogP contribution in [-0.4, -0.2) is 14.5 Å². The standard InChI is InChI=1S/C13H14N4S/c1-8-16-12-5-10(14)3-4-13(12)17(8)7-11-6-15-9(2)18-11/h3-6H,7,14H2,1-2H3. The van der Waals surface area contributed by atoms with E-state index in [0.717, 1.165) is 34.1 Å². The first-order chi connectivity index (χ1) is 8.63. The Labute approximate surface area is 109 Å². The van der Waals surface area contributed by atoms with Crippen LogP contribution < -0.4 is 5.73 Å². The van der Waals surface area contributed by atoms with Gasteiger partial charge < -0.3 is 10.3 Å². The summed E-state index contributed by atoms with van der Waals surface area (Å²) in [5, 5.41) is 1.09. The molecule has 0 saturated heterocycles. The van der Waals surface area contributed by atoms with Gasteiger partial charge in [0, 0.05) is 16.8 Å². The zero-order chi connectivity index (χ0) is 12.7. The van der Waals surface area contributed by atoms with Crippen molar-refractivity contribution in [2.75, 3.05) is 5.73 Å². The van der Waals surface area contributed by atoms with Gasteiger partial charge in [-0.15, -0.1) is 11.3 Å². The maximum Gasteiger partial charge on any atom is 0.107 e. The normalized spacial score (nSPS) is 11.2. The molecule has 0 unspecified atom stereocenters. The van der Waals surface area contributed by atoms with E-state index in [2.05, 4.69) is 14.5 Å². The Kier molecular flexibility index (Phi) is 2.56. The molecule has 2 aromatic heterocycles.